The lowest BCUT2D eigenvalue weighted by molar-refractivity contribution is 0.102. The molecule has 1 saturated heterocycles. The lowest BCUT2D eigenvalue weighted by Gasteiger charge is -2.19. The molecule has 1 aromatic heterocycles. The summed E-state index contributed by atoms with van der Waals surface area (Å²) in [5.74, 6) is -1.23. The second-order valence-corrected chi connectivity index (χ2v) is 6.36. The summed E-state index contributed by atoms with van der Waals surface area (Å²) < 4.78 is 27.1. The fourth-order valence-corrected chi connectivity index (χ4v) is 2.89. The monoisotopic (exact) mass is 429 g/mol. The molecular formula is C16H14F2IN3O. The van der Waals surface area contributed by atoms with Gasteiger partial charge in [-0.15, -0.1) is 0 Å². The van der Waals surface area contributed by atoms with Crippen molar-refractivity contribution in [3.63, 3.8) is 0 Å². The average molecular weight is 429 g/mol. The van der Waals surface area contributed by atoms with Crippen LogP contribution in [0.4, 0.5) is 20.3 Å². The maximum atomic E-state index is 13.6. The Morgan fingerprint density at radius 3 is 2.52 bits per heavy atom. The minimum Gasteiger partial charge on any atom is -0.356 e. The molecule has 3 rings (SSSR count). The molecule has 0 radical (unpaired) electrons. The molecule has 120 valence electrons. The molecule has 2 heterocycles. The predicted molar refractivity (Wildman–Crippen MR) is 92.7 cm³/mol. The van der Waals surface area contributed by atoms with Gasteiger partial charge in [-0.3, -0.25) is 4.79 Å². The highest BCUT2D eigenvalue weighted by atomic mass is 127. The van der Waals surface area contributed by atoms with E-state index in [0.29, 0.717) is 11.4 Å². The van der Waals surface area contributed by atoms with Crippen molar-refractivity contribution >= 4 is 40.0 Å². The number of halogens is 3. The Labute approximate surface area is 146 Å². The maximum absolute atomic E-state index is 13.6. The van der Waals surface area contributed by atoms with Crippen LogP contribution in [0, 0.1) is 15.2 Å². The molecule has 0 aliphatic carbocycles. The van der Waals surface area contributed by atoms with Gasteiger partial charge in [0.2, 0.25) is 0 Å². The molecular weight excluding hydrogens is 415 g/mol. The maximum Gasteiger partial charge on any atom is 0.259 e. The van der Waals surface area contributed by atoms with Crippen molar-refractivity contribution in [1.29, 1.82) is 0 Å². The van der Waals surface area contributed by atoms with Gasteiger partial charge in [-0.2, -0.15) is 0 Å². The summed E-state index contributed by atoms with van der Waals surface area (Å²) in [6.07, 6.45) is 3.75. The lowest BCUT2D eigenvalue weighted by atomic mass is 10.2. The predicted octanol–water partition coefficient (Wildman–Crippen LogP) is 3.82. The van der Waals surface area contributed by atoms with E-state index >= 15 is 0 Å². The smallest absolute Gasteiger partial charge is 0.259 e. The highest BCUT2D eigenvalue weighted by Gasteiger charge is 2.21. The van der Waals surface area contributed by atoms with Crippen LogP contribution in [0.15, 0.2) is 30.5 Å². The third kappa shape index (κ3) is 3.44. The summed E-state index contributed by atoms with van der Waals surface area (Å²) in [4.78, 5) is 18.8. The van der Waals surface area contributed by atoms with Crippen molar-refractivity contribution in [3.8, 4) is 0 Å². The Hall–Kier alpha value is -1.77. The molecule has 4 nitrogen and oxygen atoms in total. The highest BCUT2D eigenvalue weighted by molar-refractivity contribution is 14.1. The summed E-state index contributed by atoms with van der Waals surface area (Å²) in [6, 6.07) is 5.54. The number of nitrogens with zero attached hydrogens (tertiary/aromatic N) is 2. The molecule has 0 saturated carbocycles. The molecule has 2 aromatic rings. The first-order chi connectivity index (χ1) is 11.1. The number of pyridine rings is 1. The van der Waals surface area contributed by atoms with Gasteiger partial charge in [-0.25, -0.2) is 13.8 Å². The van der Waals surface area contributed by atoms with Crippen LogP contribution in [0.2, 0.25) is 0 Å². The number of carbonyl (C=O) groups is 1. The number of rotatable bonds is 3. The summed E-state index contributed by atoms with van der Waals surface area (Å²) in [7, 11) is 0. The van der Waals surface area contributed by atoms with Gasteiger partial charge >= 0.3 is 0 Å². The minimum atomic E-state index is -0.702. The molecule has 23 heavy (non-hydrogen) atoms. The third-order valence-corrected chi connectivity index (χ3v) is 4.71. The number of carbonyl (C=O) groups excluding carboxylic acids is 1. The first-order valence-electron chi connectivity index (χ1n) is 7.22. The fourth-order valence-electron chi connectivity index (χ4n) is 2.58. The van der Waals surface area contributed by atoms with Crippen LogP contribution >= 0.6 is 22.6 Å². The van der Waals surface area contributed by atoms with Gasteiger partial charge in [0.15, 0.2) is 0 Å². The second kappa shape index (κ2) is 6.77. The summed E-state index contributed by atoms with van der Waals surface area (Å²) in [6.45, 7) is 1.70. The molecule has 1 aromatic carbocycles. The van der Waals surface area contributed by atoms with E-state index in [4.69, 9.17) is 0 Å². The van der Waals surface area contributed by atoms with Crippen LogP contribution in [0.25, 0.3) is 0 Å². The number of aromatic nitrogens is 1. The number of anilines is 2. The molecule has 7 heteroatoms. The first-order valence-corrected chi connectivity index (χ1v) is 8.30. The third-order valence-electron chi connectivity index (χ3n) is 3.68. The van der Waals surface area contributed by atoms with Crippen molar-refractivity contribution in [2.75, 3.05) is 23.3 Å². The molecule has 0 unspecified atom stereocenters. The molecule has 1 amide bonds. The summed E-state index contributed by atoms with van der Waals surface area (Å²) in [5.41, 5.74) is 0.482. The highest BCUT2D eigenvalue weighted by Crippen LogP contribution is 2.24. The molecule has 0 bridgehead atoms. The normalized spacial score (nSPS) is 14.1. The molecule has 1 N–H and O–H groups in total. The van der Waals surface area contributed by atoms with Crippen LogP contribution in [0.5, 0.6) is 0 Å². The Bertz CT molecular complexity index is 725. The van der Waals surface area contributed by atoms with Crippen molar-refractivity contribution in [2.45, 2.75) is 12.8 Å². The van der Waals surface area contributed by atoms with Gasteiger partial charge in [0, 0.05) is 25.0 Å². The molecule has 0 atom stereocenters. The van der Waals surface area contributed by atoms with Crippen molar-refractivity contribution < 1.29 is 13.6 Å². The summed E-state index contributed by atoms with van der Waals surface area (Å²) >= 11 is 1.58. The van der Waals surface area contributed by atoms with E-state index in [0.717, 1.165) is 38.1 Å². The number of amides is 1. The molecule has 1 aliphatic rings. The molecule has 1 aliphatic heterocycles. The first kappa shape index (κ1) is 16.1. The van der Waals surface area contributed by atoms with E-state index < -0.39 is 17.5 Å². The van der Waals surface area contributed by atoms with Gasteiger partial charge in [-0.1, -0.05) is 0 Å². The largest absolute Gasteiger partial charge is 0.356 e. The zero-order valence-electron chi connectivity index (χ0n) is 12.2. The average Bonchev–Trinajstić information content (AvgIpc) is 3.07. The lowest BCUT2D eigenvalue weighted by Crippen LogP contribution is -2.24. The minimum absolute atomic E-state index is 0.0849. The van der Waals surface area contributed by atoms with Crippen LogP contribution in [-0.2, 0) is 0 Å². The Morgan fingerprint density at radius 2 is 1.87 bits per heavy atom. The van der Waals surface area contributed by atoms with E-state index in [1.807, 2.05) is 4.90 Å². The zero-order chi connectivity index (χ0) is 16.4. The SMILES string of the molecule is O=C(Nc1cc(F)c(I)c(F)c1)c1cccnc1N1CCCC1. The number of nitrogens with one attached hydrogen (secondary N) is 1. The van der Waals surface area contributed by atoms with Crippen molar-refractivity contribution in [3.05, 3.63) is 51.2 Å². The topological polar surface area (TPSA) is 45.2 Å². The quantitative estimate of drug-likeness (QED) is 0.596. The van der Waals surface area contributed by atoms with Crippen molar-refractivity contribution in [1.82, 2.24) is 4.98 Å². The van der Waals surface area contributed by atoms with E-state index in [1.165, 1.54) is 0 Å². The van der Waals surface area contributed by atoms with Gasteiger partial charge in [0.05, 0.1) is 9.13 Å². The van der Waals surface area contributed by atoms with E-state index in [2.05, 4.69) is 10.3 Å². The zero-order valence-corrected chi connectivity index (χ0v) is 14.3. The Balaban J connectivity index is 1.86. The number of hydrogen-bond donors (Lipinski definition) is 1. The van der Waals surface area contributed by atoms with Gasteiger partial charge < -0.3 is 10.2 Å². The van der Waals surface area contributed by atoms with E-state index in [9.17, 15) is 13.6 Å². The van der Waals surface area contributed by atoms with Crippen LogP contribution in [0.3, 0.4) is 0 Å². The van der Waals surface area contributed by atoms with Gasteiger partial charge in [0.25, 0.3) is 5.91 Å². The van der Waals surface area contributed by atoms with Gasteiger partial charge in [-0.05, 0) is 59.7 Å². The molecule has 1 fully saturated rings. The standard InChI is InChI=1S/C16H14F2IN3O/c17-12-8-10(9-13(18)14(12)19)21-16(23)11-4-3-5-20-15(11)22-6-1-2-7-22/h3-5,8-9H,1-2,6-7H2,(H,21,23). The van der Waals surface area contributed by atoms with E-state index in [-0.39, 0.29) is 9.26 Å². The van der Waals surface area contributed by atoms with Gasteiger partial charge in [0.1, 0.15) is 17.5 Å². The molecule has 0 spiro atoms. The van der Waals surface area contributed by atoms with Crippen molar-refractivity contribution in [2.24, 2.45) is 0 Å². The van der Waals surface area contributed by atoms with Crippen LogP contribution in [-0.4, -0.2) is 24.0 Å². The Kier molecular flexibility index (Phi) is 4.74. The number of hydrogen-bond acceptors (Lipinski definition) is 3. The summed E-state index contributed by atoms with van der Waals surface area (Å²) in [5, 5.41) is 2.54. The second-order valence-electron chi connectivity index (χ2n) is 5.28. The van der Waals surface area contributed by atoms with Crippen LogP contribution < -0.4 is 10.2 Å². The number of benzene rings is 1. The Morgan fingerprint density at radius 1 is 1.22 bits per heavy atom. The van der Waals surface area contributed by atoms with Crippen LogP contribution in [0.1, 0.15) is 23.2 Å². The fraction of sp³-hybridized carbons (Fsp3) is 0.250. The van der Waals surface area contributed by atoms with E-state index in [1.54, 1.807) is 40.9 Å².